The van der Waals surface area contributed by atoms with Crippen molar-refractivity contribution in [2.75, 3.05) is 32.8 Å². The maximum absolute atomic E-state index is 12.8. The van der Waals surface area contributed by atoms with E-state index in [2.05, 4.69) is 15.6 Å². The first-order valence-electron chi connectivity index (χ1n) is 9.75. The zero-order valence-electron chi connectivity index (χ0n) is 16.6. The summed E-state index contributed by atoms with van der Waals surface area (Å²) in [5.41, 5.74) is 1.66. The lowest BCUT2D eigenvalue weighted by Gasteiger charge is -2.26. The van der Waals surface area contributed by atoms with E-state index < -0.39 is 10.0 Å². The van der Waals surface area contributed by atoms with Gasteiger partial charge < -0.3 is 19.8 Å². The fourth-order valence-corrected chi connectivity index (χ4v) is 4.62. The van der Waals surface area contributed by atoms with Gasteiger partial charge in [-0.3, -0.25) is 0 Å². The maximum Gasteiger partial charge on any atom is 0.218 e. The second kappa shape index (κ2) is 10.4. The fraction of sp³-hybridized carbons (Fsp3) is 0.450. The van der Waals surface area contributed by atoms with Gasteiger partial charge in [0.2, 0.25) is 10.0 Å². The molecule has 1 aliphatic rings. The van der Waals surface area contributed by atoms with E-state index in [0.29, 0.717) is 45.4 Å². The van der Waals surface area contributed by atoms with Crippen LogP contribution < -0.4 is 10.6 Å². The van der Waals surface area contributed by atoms with Gasteiger partial charge in [0.25, 0.3) is 0 Å². The van der Waals surface area contributed by atoms with E-state index in [1.165, 1.54) is 4.31 Å². The fourth-order valence-electron chi connectivity index (χ4n) is 3.06. The monoisotopic (exact) mass is 420 g/mol. The van der Waals surface area contributed by atoms with E-state index >= 15 is 0 Å². The lowest BCUT2D eigenvalue weighted by molar-refractivity contribution is 0.0729. The highest BCUT2D eigenvalue weighted by molar-refractivity contribution is 7.88. The molecule has 0 amide bonds. The number of benzene rings is 1. The van der Waals surface area contributed by atoms with Crippen LogP contribution in [0.1, 0.15) is 23.8 Å². The third-order valence-corrected chi connectivity index (χ3v) is 6.41. The molecule has 1 aliphatic heterocycles. The second-order valence-electron chi connectivity index (χ2n) is 6.66. The van der Waals surface area contributed by atoms with Crippen LogP contribution >= 0.6 is 0 Å². The summed E-state index contributed by atoms with van der Waals surface area (Å²) < 4.78 is 37.7. The van der Waals surface area contributed by atoms with Crippen molar-refractivity contribution in [2.45, 2.75) is 25.8 Å². The van der Waals surface area contributed by atoms with Gasteiger partial charge >= 0.3 is 0 Å². The quantitative estimate of drug-likeness (QED) is 0.498. The summed E-state index contributed by atoms with van der Waals surface area (Å²) in [6.45, 7) is 5.31. The van der Waals surface area contributed by atoms with Crippen LogP contribution in [-0.4, -0.2) is 51.5 Å². The molecular formula is C20H28N4O4S. The molecule has 2 aromatic rings. The molecule has 0 unspecified atom stereocenters. The van der Waals surface area contributed by atoms with E-state index in [1.54, 1.807) is 6.26 Å². The lowest BCUT2D eigenvalue weighted by Crippen LogP contribution is -2.41. The van der Waals surface area contributed by atoms with E-state index in [9.17, 15) is 8.42 Å². The number of hydrogen-bond donors (Lipinski definition) is 2. The molecule has 0 radical (unpaired) electrons. The standard InChI is InChI=1S/C20H28N4O4S/c1-2-21-20(23-15-19-8-5-11-28-19)22-14-17-6-3-4-7-18(17)16-29(25,26)24-9-12-27-13-10-24/h3-8,11H,2,9-10,12-16H2,1H3,(H2,21,22,23). The molecule has 1 aromatic heterocycles. The van der Waals surface area contributed by atoms with E-state index in [4.69, 9.17) is 9.15 Å². The largest absolute Gasteiger partial charge is 0.467 e. The summed E-state index contributed by atoms with van der Waals surface area (Å²) in [6, 6.07) is 11.3. The minimum Gasteiger partial charge on any atom is -0.467 e. The van der Waals surface area contributed by atoms with Crippen molar-refractivity contribution in [1.29, 1.82) is 0 Å². The first-order chi connectivity index (χ1) is 14.1. The van der Waals surface area contributed by atoms with Crippen molar-refractivity contribution in [3.8, 4) is 0 Å². The van der Waals surface area contributed by atoms with Gasteiger partial charge in [-0.05, 0) is 30.2 Å². The van der Waals surface area contributed by atoms with E-state index in [0.717, 1.165) is 23.4 Å². The first-order valence-corrected chi connectivity index (χ1v) is 11.4. The molecule has 0 aliphatic carbocycles. The molecule has 8 nitrogen and oxygen atoms in total. The van der Waals surface area contributed by atoms with Crippen LogP contribution in [0.2, 0.25) is 0 Å². The molecular weight excluding hydrogens is 392 g/mol. The maximum atomic E-state index is 12.8. The minimum absolute atomic E-state index is 0.0327. The Kier molecular flexibility index (Phi) is 7.68. The van der Waals surface area contributed by atoms with Gasteiger partial charge in [-0.15, -0.1) is 0 Å². The van der Waals surface area contributed by atoms with Crippen LogP contribution in [0.3, 0.4) is 0 Å². The van der Waals surface area contributed by atoms with Gasteiger partial charge in [0.15, 0.2) is 5.96 Å². The number of nitrogens with zero attached hydrogens (tertiary/aromatic N) is 2. The molecule has 9 heteroatoms. The van der Waals surface area contributed by atoms with Crippen LogP contribution in [0.4, 0.5) is 0 Å². The summed E-state index contributed by atoms with van der Waals surface area (Å²) in [5, 5.41) is 6.41. The molecule has 1 saturated heterocycles. The molecule has 1 aromatic carbocycles. The Labute approximate surface area is 172 Å². The van der Waals surface area contributed by atoms with Gasteiger partial charge in [0.1, 0.15) is 5.76 Å². The molecule has 0 atom stereocenters. The topological polar surface area (TPSA) is 96.2 Å². The number of hydrogen-bond acceptors (Lipinski definition) is 5. The normalized spacial score (nSPS) is 16.0. The average molecular weight is 421 g/mol. The number of sulfonamides is 1. The third kappa shape index (κ3) is 6.31. The van der Waals surface area contributed by atoms with Gasteiger partial charge in [-0.1, -0.05) is 24.3 Å². The molecule has 2 heterocycles. The predicted molar refractivity (Wildman–Crippen MR) is 112 cm³/mol. The van der Waals surface area contributed by atoms with Crippen LogP contribution in [0.5, 0.6) is 0 Å². The van der Waals surface area contributed by atoms with Crippen LogP contribution in [-0.2, 0) is 33.6 Å². The average Bonchev–Trinajstić information content (AvgIpc) is 3.25. The summed E-state index contributed by atoms with van der Waals surface area (Å²) in [7, 11) is -3.39. The van der Waals surface area contributed by atoms with E-state index in [-0.39, 0.29) is 5.75 Å². The number of furan rings is 1. The predicted octanol–water partition coefficient (Wildman–Crippen LogP) is 1.70. The molecule has 2 N–H and O–H groups in total. The smallest absolute Gasteiger partial charge is 0.218 e. The number of ether oxygens (including phenoxy) is 1. The molecule has 0 saturated carbocycles. The second-order valence-corrected chi connectivity index (χ2v) is 8.63. The van der Waals surface area contributed by atoms with Crippen molar-refractivity contribution in [1.82, 2.24) is 14.9 Å². The van der Waals surface area contributed by atoms with Crippen molar-refractivity contribution >= 4 is 16.0 Å². The molecule has 29 heavy (non-hydrogen) atoms. The Hall–Kier alpha value is -2.36. The SMILES string of the molecule is CCNC(=NCc1ccccc1CS(=O)(=O)N1CCOCC1)NCc1ccco1. The zero-order chi connectivity index (χ0) is 20.5. The Morgan fingerprint density at radius 3 is 2.55 bits per heavy atom. The molecule has 158 valence electrons. The van der Waals surface area contributed by atoms with Gasteiger partial charge in [-0.25, -0.2) is 13.4 Å². The minimum atomic E-state index is -3.39. The number of aliphatic imine (C=N–C) groups is 1. The summed E-state index contributed by atoms with van der Waals surface area (Å²) in [6.07, 6.45) is 1.63. The lowest BCUT2D eigenvalue weighted by atomic mass is 10.1. The highest BCUT2D eigenvalue weighted by Gasteiger charge is 2.25. The highest BCUT2D eigenvalue weighted by atomic mass is 32.2. The van der Waals surface area contributed by atoms with Crippen LogP contribution in [0.15, 0.2) is 52.1 Å². The van der Waals surface area contributed by atoms with Crippen LogP contribution in [0.25, 0.3) is 0 Å². The van der Waals surface area contributed by atoms with Crippen molar-refractivity contribution < 1.29 is 17.6 Å². The number of morpholine rings is 1. The van der Waals surface area contributed by atoms with Crippen molar-refractivity contribution in [2.24, 2.45) is 4.99 Å². The third-order valence-electron chi connectivity index (χ3n) is 4.58. The number of rotatable bonds is 8. The summed E-state index contributed by atoms with van der Waals surface area (Å²) in [5.74, 6) is 1.43. The molecule has 3 rings (SSSR count). The first kappa shape index (κ1) is 21.4. The van der Waals surface area contributed by atoms with Gasteiger partial charge in [0.05, 0.1) is 38.3 Å². The Bertz CT molecular complexity index is 891. The Morgan fingerprint density at radius 1 is 1.10 bits per heavy atom. The van der Waals surface area contributed by atoms with Gasteiger partial charge in [-0.2, -0.15) is 4.31 Å². The van der Waals surface area contributed by atoms with Crippen molar-refractivity contribution in [3.05, 3.63) is 59.5 Å². The summed E-state index contributed by atoms with van der Waals surface area (Å²) >= 11 is 0. The highest BCUT2D eigenvalue weighted by Crippen LogP contribution is 2.17. The molecule has 1 fully saturated rings. The number of nitrogens with one attached hydrogen (secondary N) is 2. The van der Waals surface area contributed by atoms with E-state index in [1.807, 2.05) is 43.3 Å². The Morgan fingerprint density at radius 2 is 1.86 bits per heavy atom. The number of guanidine groups is 1. The summed E-state index contributed by atoms with van der Waals surface area (Å²) in [4.78, 5) is 4.61. The molecule has 0 bridgehead atoms. The Balaban J connectivity index is 1.68. The van der Waals surface area contributed by atoms with Gasteiger partial charge in [0, 0.05) is 19.6 Å². The molecule has 0 spiro atoms. The van der Waals surface area contributed by atoms with Crippen LogP contribution in [0, 0.1) is 0 Å². The van der Waals surface area contributed by atoms with Crippen molar-refractivity contribution in [3.63, 3.8) is 0 Å². The zero-order valence-corrected chi connectivity index (χ0v) is 17.5.